The van der Waals surface area contributed by atoms with Crippen molar-refractivity contribution in [3.05, 3.63) is 58.9 Å². The van der Waals surface area contributed by atoms with Crippen LogP contribution in [0.15, 0.2) is 41.3 Å². The molecule has 0 fully saturated rings. The van der Waals surface area contributed by atoms with Crippen LogP contribution in [0.1, 0.15) is 23.1 Å². The Morgan fingerprint density at radius 2 is 1.88 bits per heavy atom. The molecule has 0 saturated carbocycles. The lowest BCUT2D eigenvalue weighted by atomic mass is 10.0. The number of carboxylic acids is 1. The average Bonchev–Trinajstić information content (AvgIpc) is 2.93. The number of rotatable bonds is 2. The molecule has 126 valence electrons. The van der Waals surface area contributed by atoms with Gasteiger partial charge in [0.15, 0.2) is 0 Å². The van der Waals surface area contributed by atoms with E-state index in [-0.39, 0.29) is 17.0 Å². The van der Waals surface area contributed by atoms with Crippen LogP contribution in [0.3, 0.4) is 0 Å². The first kappa shape index (κ1) is 16.4. The van der Waals surface area contributed by atoms with Crippen LogP contribution in [-0.2, 0) is 34.1 Å². The highest BCUT2D eigenvalue weighted by Crippen LogP contribution is 2.27. The van der Waals surface area contributed by atoms with Gasteiger partial charge in [-0.05, 0) is 54.2 Å². The molecule has 0 unspecified atom stereocenters. The summed E-state index contributed by atoms with van der Waals surface area (Å²) in [7, 11) is -3.57. The van der Waals surface area contributed by atoms with Crippen molar-refractivity contribution in [3.63, 3.8) is 0 Å². The number of carbonyl (C=O) groups is 1. The molecule has 0 saturated heterocycles. The minimum absolute atomic E-state index is 0.146. The molecule has 1 aliphatic carbocycles. The highest BCUT2D eigenvalue weighted by molar-refractivity contribution is 7.92. The molecule has 2 aromatic carbocycles. The maximum absolute atomic E-state index is 12.7. The Morgan fingerprint density at radius 1 is 1.12 bits per heavy atom. The first-order valence-corrected chi connectivity index (χ1v) is 8.98. The first-order valence-electron chi connectivity index (χ1n) is 7.50. The number of aryl methyl sites for hydroxylation is 2. The second-order valence-electron chi connectivity index (χ2n) is 5.78. The molecule has 5 rings (SSSR count). The Hall–Kier alpha value is -2.41. The number of fused-ring (bicyclic) bond motifs is 4. The minimum atomic E-state index is -3.57. The third-order valence-corrected chi connectivity index (χ3v) is 5.41. The third kappa shape index (κ3) is 3.41. The number of halogens is 1. The molecule has 0 radical (unpaired) electrons. The Balaban J connectivity index is 0.000000143. The van der Waals surface area contributed by atoms with Crippen LogP contribution in [0, 0.1) is 5.82 Å². The van der Waals surface area contributed by atoms with Crippen molar-refractivity contribution in [2.24, 2.45) is 0 Å². The van der Waals surface area contributed by atoms with Crippen LogP contribution in [0.4, 0.5) is 10.1 Å². The number of carboxylic acid groups (broad SMARTS) is 1. The largest absolute Gasteiger partial charge is 0.481 e. The zero-order valence-corrected chi connectivity index (χ0v) is 13.6. The Bertz CT molecular complexity index is 909. The van der Waals surface area contributed by atoms with Crippen molar-refractivity contribution >= 4 is 21.7 Å². The van der Waals surface area contributed by atoms with Gasteiger partial charge < -0.3 is 5.11 Å². The van der Waals surface area contributed by atoms with Gasteiger partial charge in [0.1, 0.15) is 10.7 Å². The Morgan fingerprint density at radius 3 is 2.46 bits per heavy atom. The van der Waals surface area contributed by atoms with Gasteiger partial charge in [-0.3, -0.25) is 9.52 Å². The van der Waals surface area contributed by atoms with E-state index in [1.165, 1.54) is 29.7 Å². The van der Waals surface area contributed by atoms with Crippen LogP contribution < -0.4 is 4.72 Å². The van der Waals surface area contributed by atoms with E-state index in [9.17, 15) is 17.6 Å². The van der Waals surface area contributed by atoms with Crippen molar-refractivity contribution in [1.82, 2.24) is 0 Å². The molecule has 2 bridgehead atoms. The lowest BCUT2D eigenvalue weighted by molar-refractivity contribution is -0.136. The van der Waals surface area contributed by atoms with Gasteiger partial charge in [-0.1, -0.05) is 18.2 Å². The number of hydrogen-bond donors (Lipinski definition) is 2. The fourth-order valence-corrected chi connectivity index (χ4v) is 4.01. The summed E-state index contributed by atoms with van der Waals surface area (Å²) in [5.41, 5.74) is 3.94. The summed E-state index contributed by atoms with van der Waals surface area (Å²) in [4.78, 5) is 10.2. The quantitative estimate of drug-likeness (QED) is 0.873. The molecule has 3 aliphatic rings. The lowest BCUT2D eigenvalue weighted by Crippen LogP contribution is -2.19. The second-order valence-corrected chi connectivity index (χ2v) is 7.43. The molecule has 7 heteroatoms. The van der Waals surface area contributed by atoms with E-state index >= 15 is 0 Å². The second kappa shape index (κ2) is 6.24. The molecule has 24 heavy (non-hydrogen) atoms. The van der Waals surface area contributed by atoms with E-state index < -0.39 is 21.8 Å². The predicted molar refractivity (Wildman–Crippen MR) is 87.0 cm³/mol. The third-order valence-electron chi connectivity index (χ3n) is 3.99. The van der Waals surface area contributed by atoms with E-state index in [4.69, 9.17) is 5.11 Å². The maximum atomic E-state index is 12.7. The molecular weight excluding hydrogens is 333 g/mol. The predicted octanol–water partition coefficient (Wildman–Crippen LogP) is 2.74. The number of sulfonamides is 1. The molecule has 2 aromatic rings. The smallest absolute Gasteiger partial charge is 0.307 e. The van der Waals surface area contributed by atoms with Crippen molar-refractivity contribution in [1.29, 1.82) is 0 Å². The van der Waals surface area contributed by atoms with Gasteiger partial charge in [-0.15, -0.1) is 0 Å². The van der Waals surface area contributed by atoms with Crippen molar-refractivity contribution in [2.75, 3.05) is 4.72 Å². The Kier molecular flexibility index (Phi) is 4.28. The van der Waals surface area contributed by atoms with Crippen molar-refractivity contribution in [2.45, 2.75) is 30.6 Å². The van der Waals surface area contributed by atoms with Crippen LogP contribution in [0.25, 0.3) is 0 Å². The maximum Gasteiger partial charge on any atom is 0.307 e. The topological polar surface area (TPSA) is 83.5 Å². The van der Waals surface area contributed by atoms with Gasteiger partial charge in [0, 0.05) is 0 Å². The number of benzene rings is 2. The molecule has 0 spiro atoms. The molecular formula is C17H16FNO4S. The Labute approximate surface area is 139 Å². The molecule has 2 heterocycles. The first-order chi connectivity index (χ1) is 11.3. The highest BCUT2D eigenvalue weighted by atomic mass is 32.2. The standard InChI is InChI=1S/C11H12O2.C6H4FNO2S/c12-11(13)7-8-4-5-9-2-1-3-10(9)6-8;7-5-3-4-1-2-6(5)11(9,10)8-4/h4-6H,1-3,7H2,(H,12,13);1-3,8H. The molecule has 5 nitrogen and oxygen atoms in total. The highest BCUT2D eigenvalue weighted by Gasteiger charge is 2.24. The SMILES string of the molecule is O=C(O)Cc1ccc2c(c1)CCC2.O=S1(=O)Nc2ccc1c(F)c2. The van der Waals surface area contributed by atoms with Gasteiger partial charge in [-0.25, -0.2) is 12.8 Å². The van der Waals surface area contributed by atoms with E-state index in [0.29, 0.717) is 0 Å². The fourth-order valence-electron chi connectivity index (χ4n) is 2.90. The summed E-state index contributed by atoms with van der Waals surface area (Å²) in [5, 5.41) is 8.62. The zero-order valence-electron chi connectivity index (χ0n) is 12.8. The zero-order chi connectivity index (χ0) is 17.3. The van der Waals surface area contributed by atoms with Crippen LogP contribution >= 0.6 is 0 Å². The summed E-state index contributed by atoms with van der Waals surface area (Å²) >= 11 is 0. The van der Waals surface area contributed by atoms with Gasteiger partial charge in [0.2, 0.25) is 0 Å². The fraction of sp³-hybridized carbons (Fsp3) is 0.235. The number of nitrogens with one attached hydrogen (secondary N) is 1. The van der Waals surface area contributed by atoms with Gasteiger partial charge in [0.05, 0.1) is 12.1 Å². The minimum Gasteiger partial charge on any atom is -0.481 e. The van der Waals surface area contributed by atoms with Gasteiger partial charge >= 0.3 is 5.97 Å². The lowest BCUT2D eigenvalue weighted by Gasteiger charge is -2.15. The van der Waals surface area contributed by atoms with E-state index in [0.717, 1.165) is 24.5 Å². The van der Waals surface area contributed by atoms with Crippen LogP contribution in [-0.4, -0.2) is 19.5 Å². The summed E-state index contributed by atoms with van der Waals surface area (Å²) in [6, 6.07) is 9.95. The molecule has 2 N–H and O–H groups in total. The monoisotopic (exact) mass is 349 g/mol. The van der Waals surface area contributed by atoms with Crippen molar-refractivity contribution < 1.29 is 22.7 Å². The summed E-state index contributed by atoms with van der Waals surface area (Å²) < 4.78 is 36.8. The van der Waals surface area contributed by atoms with Crippen LogP contribution in [0.5, 0.6) is 0 Å². The number of anilines is 1. The van der Waals surface area contributed by atoms with Gasteiger partial charge in [-0.2, -0.15) is 0 Å². The molecule has 2 aliphatic heterocycles. The number of hydrogen-bond acceptors (Lipinski definition) is 3. The molecule has 0 atom stereocenters. The summed E-state index contributed by atoms with van der Waals surface area (Å²) in [5.74, 6) is -1.45. The molecule has 0 aromatic heterocycles. The van der Waals surface area contributed by atoms with E-state index in [1.807, 2.05) is 12.1 Å². The average molecular weight is 349 g/mol. The van der Waals surface area contributed by atoms with E-state index in [1.54, 1.807) is 0 Å². The van der Waals surface area contributed by atoms with Gasteiger partial charge in [0.25, 0.3) is 10.0 Å². The molecule has 0 amide bonds. The number of aliphatic carboxylic acids is 1. The summed E-state index contributed by atoms with van der Waals surface area (Å²) in [6.45, 7) is 0. The summed E-state index contributed by atoms with van der Waals surface area (Å²) in [6.07, 6.45) is 3.63. The van der Waals surface area contributed by atoms with Crippen LogP contribution in [0.2, 0.25) is 0 Å². The van der Waals surface area contributed by atoms with E-state index in [2.05, 4.69) is 10.8 Å². The van der Waals surface area contributed by atoms with Crippen molar-refractivity contribution in [3.8, 4) is 0 Å². The normalized spacial score (nSPS) is 15.9.